The van der Waals surface area contributed by atoms with Crippen molar-refractivity contribution in [2.75, 3.05) is 12.4 Å². The first-order chi connectivity index (χ1) is 11.8. The molecule has 0 spiro atoms. The standard InChI is InChI=1S/C20H23NO4/c1-12-10-13(2)18(14(3)11-12)21-19(22)15(4)25-20(23)16-6-8-17(24-5)9-7-16/h6-11,15H,1-5H3,(H,21,22). The zero-order valence-corrected chi connectivity index (χ0v) is 15.2. The predicted octanol–water partition coefficient (Wildman–Crippen LogP) is 3.80. The Morgan fingerprint density at radius 3 is 2.08 bits per heavy atom. The van der Waals surface area contributed by atoms with Gasteiger partial charge in [-0.1, -0.05) is 17.7 Å². The second kappa shape index (κ2) is 7.83. The third-order valence-electron chi connectivity index (χ3n) is 3.90. The Kier molecular flexibility index (Phi) is 5.80. The zero-order valence-electron chi connectivity index (χ0n) is 15.2. The number of anilines is 1. The second-order valence-electron chi connectivity index (χ2n) is 6.04. The molecule has 0 saturated heterocycles. The molecule has 0 saturated carbocycles. The fourth-order valence-electron chi connectivity index (χ4n) is 2.61. The van der Waals surface area contributed by atoms with Crippen molar-refractivity contribution < 1.29 is 19.1 Å². The van der Waals surface area contributed by atoms with Crippen molar-refractivity contribution in [3.8, 4) is 5.75 Å². The minimum atomic E-state index is -0.908. The van der Waals surface area contributed by atoms with Crippen molar-refractivity contribution >= 4 is 17.6 Å². The van der Waals surface area contributed by atoms with Gasteiger partial charge < -0.3 is 14.8 Å². The number of esters is 1. The molecule has 1 unspecified atom stereocenters. The van der Waals surface area contributed by atoms with Crippen molar-refractivity contribution in [3.63, 3.8) is 0 Å². The van der Waals surface area contributed by atoms with Crippen molar-refractivity contribution in [2.45, 2.75) is 33.8 Å². The lowest BCUT2D eigenvalue weighted by Crippen LogP contribution is -2.30. The van der Waals surface area contributed by atoms with Crippen molar-refractivity contribution in [2.24, 2.45) is 0 Å². The molecule has 132 valence electrons. The fourth-order valence-corrected chi connectivity index (χ4v) is 2.61. The molecule has 1 atom stereocenters. The number of rotatable bonds is 5. The van der Waals surface area contributed by atoms with Crippen LogP contribution in [0.15, 0.2) is 36.4 Å². The quantitative estimate of drug-likeness (QED) is 0.840. The highest BCUT2D eigenvalue weighted by atomic mass is 16.5. The van der Waals surface area contributed by atoms with Gasteiger partial charge >= 0.3 is 5.97 Å². The van der Waals surface area contributed by atoms with Gasteiger partial charge in [0, 0.05) is 5.69 Å². The first-order valence-corrected chi connectivity index (χ1v) is 8.05. The molecule has 25 heavy (non-hydrogen) atoms. The maximum atomic E-state index is 12.4. The van der Waals surface area contributed by atoms with Crippen molar-refractivity contribution in [3.05, 3.63) is 58.7 Å². The number of hydrogen-bond donors (Lipinski definition) is 1. The van der Waals surface area contributed by atoms with Crippen LogP contribution in [0, 0.1) is 20.8 Å². The third-order valence-corrected chi connectivity index (χ3v) is 3.90. The minimum Gasteiger partial charge on any atom is -0.497 e. The van der Waals surface area contributed by atoms with Crippen LogP contribution < -0.4 is 10.1 Å². The van der Waals surface area contributed by atoms with Crippen LogP contribution >= 0.6 is 0 Å². The maximum Gasteiger partial charge on any atom is 0.338 e. The van der Waals surface area contributed by atoms with Gasteiger partial charge in [-0.3, -0.25) is 4.79 Å². The summed E-state index contributed by atoms with van der Waals surface area (Å²) in [5.41, 5.74) is 4.19. The lowest BCUT2D eigenvalue weighted by atomic mass is 10.0. The maximum absolute atomic E-state index is 12.4. The van der Waals surface area contributed by atoms with E-state index in [2.05, 4.69) is 5.32 Å². The summed E-state index contributed by atoms with van der Waals surface area (Å²) in [6.07, 6.45) is -0.908. The van der Waals surface area contributed by atoms with E-state index in [9.17, 15) is 9.59 Å². The highest BCUT2D eigenvalue weighted by molar-refractivity contribution is 5.98. The Hall–Kier alpha value is -2.82. The molecule has 2 aromatic carbocycles. The number of hydrogen-bond acceptors (Lipinski definition) is 4. The number of carbonyl (C=O) groups excluding carboxylic acids is 2. The molecular formula is C20H23NO4. The second-order valence-corrected chi connectivity index (χ2v) is 6.04. The number of methoxy groups -OCH3 is 1. The van der Waals surface area contributed by atoms with Crippen LogP contribution in [-0.4, -0.2) is 25.1 Å². The van der Waals surface area contributed by atoms with Gasteiger partial charge in [0.25, 0.3) is 5.91 Å². The summed E-state index contributed by atoms with van der Waals surface area (Å²) < 4.78 is 10.3. The van der Waals surface area contributed by atoms with E-state index in [1.807, 2.05) is 32.9 Å². The van der Waals surface area contributed by atoms with Gasteiger partial charge in [0.05, 0.1) is 12.7 Å². The summed E-state index contributed by atoms with van der Waals surface area (Å²) in [6.45, 7) is 7.42. The van der Waals surface area contributed by atoms with E-state index in [4.69, 9.17) is 9.47 Å². The van der Waals surface area contributed by atoms with Crippen LogP contribution in [0.3, 0.4) is 0 Å². The van der Waals surface area contributed by atoms with E-state index in [0.29, 0.717) is 11.3 Å². The largest absolute Gasteiger partial charge is 0.497 e. The van der Waals surface area contributed by atoms with Gasteiger partial charge in [-0.25, -0.2) is 4.79 Å². The van der Waals surface area contributed by atoms with Gasteiger partial charge in [-0.2, -0.15) is 0 Å². The summed E-state index contributed by atoms with van der Waals surface area (Å²) in [6, 6.07) is 10.5. The van der Waals surface area contributed by atoms with E-state index in [0.717, 1.165) is 22.4 Å². The van der Waals surface area contributed by atoms with Crippen LogP contribution in [-0.2, 0) is 9.53 Å². The first kappa shape index (κ1) is 18.5. The highest BCUT2D eigenvalue weighted by Crippen LogP contribution is 2.22. The highest BCUT2D eigenvalue weighted by Gasteiger charge is 2.20. The van der Waals surface area contributed by atoms with Crippen molar-refractivity contribution in [1.82, 2.24) is 0 Å². The fraction of sp³-hybridized carbons (Fsp3) is 0.300. The zero-order chi connectivity index (χ0) is 18.6. The molecular weight excluding hydrogens is 318 g/mol. The number of aryl methyl sites for hydroxylation is 3. The Balaban J connectivity index is 2.03. The number of ether oxygens (including phenoxy) is 2. The first-order valence-electron chi connectivity index (χ1n) is 8.05. The van der Waals surface area contributed by atoms with E-state index in [1.165, 1.54) is 0 Å². The number of amides is 1. The van der Waals surface area contributed by atoms with Crippen molar-refractivity contribution in [1.29, 1.82) is 0 Å². The summed E-state index contributed by atoms with van der Waals surface area (Å²) in [7, 11) is 1.55. The van der Waals surface area contributed by atoms with Gasteiger partial charge in [0.15, 0.2) is 6.10 Å². The molecule has 1 amide bonds. The Morgan fingerprint density at radius 1 is 1.00 bits per heavy atom. The average Bonchev–Trinajstić information content (AvgIpc) is 2.57. The Morgan fingerprint density at radius 2 is 1.56 bits per heavy atom. The molecule has 0 fully saturated rings. The summed E-state index contributed by atoms with van der Waals surface area (Å²) >= 11 is 0. The molecule has 2 rings (SSSR count). The molecule has 2 aromatic rings. The van der Waals surface area contributed by atoms with Crippen LogP contribution in [0.4, 0.5) is 5.69 Å². The Labute approximate surface area is 148 Å². The lowest BCUT2D eigenvalue weighted by molar-refractivity contribution is -0.123. The van der Waals surface area contributed by atoms with Crippen LogP contribution in [0.25, 0.3) is 0 Å². The molecule has 0 radical (unpaired) electrons. The van der Waals surface area contributed by atoms with Gasteiger partial charge in [-0.15, -0.1) is 0 Å². The predicted molar refractivity (Wildman–Crippen MR) is 97.2 cm³/mol. The number of benzene rings is 2. The molecule has 0 aliphatic rings. The number of nitrogens with one attached hydrogen (secondary N) is 1. The number of carbonyl (C=O) groups is 2. The van der Waals surface area contributed by atoms with Crippen LogP contribution in [0.2, 0.25) is 0 Å². The average molecular weight is 341 g/mol. The monoisotopic (exact) mass is 341 g/mol. The van der Waals surface area contributed by atoms with Crippen LogP contribution in [0.5, 0.6) is 5.75 Å². The molecule has 0 heterocycles. The molecule has 0 bridgehead atoms. The summed E-state index contributed by atoms with van der Waals surface area (Å²) in [4.78, 5) is 24.5. The Bertz CT molecular complexity index is 758. The van der Waals surface area contributed by atoms with E-state index < -0.39 is 12.1 Å². The van der Waals surface area contributed by atoms with E-state index in [-0.39, 0.29) is 5.91 Å². The third kappa shape index (κ3) is 4.59. The summed E-state index contributed by atoms with van der Waals surface area (Å²) in [5.74, 6) is -0.271. The van der Waals surface area contributed by atoms with Crippen LogP contribution in [0.1, 0.15) is 34.0 Å². The van der Waals surface area contributed by atoms with Gasteiger partial charge in [0.1, 0.15) is 5.75 Å². The molecule has 1 N–H and O–H groups in total. The van der Waals surface area contributed by atoms with Gasteiger partial charge in [0.2, 0.25) is 0 Å². The normalized spacial score (nSPS) is 11.6. The van der Waals surface area contributed by atoms with Gasteiger partial charge in [-0.05, 0) is 63.1 Å². The molecule has 0 aliphatic carbocycles. The molecule has 5 heteroatoms. The lowest BCUT2D eigenvalue weighted by Gasteiger charge is -2.17. The molecule has 5 nitrogen and oxygen atoms in total. The molecule has 0 aromatic heterocycles. The SMILES string of the molecule is COc1ccc(C(=O)OC(C)C(=O)Nc2c(C)cc(C)cc2C)cc1. The summed E-state index contributed by atoms with van der Waals surface area (Å²) in [5, 5.41) is 2.84. The smallest absolute Gasteiger partial charge is 0.338 e. The van der Waals surface area contributed by atoms with E-state index >= 15 is 0 Å². The minimum absolute atomic E-state index is 0.364. The van der Waals surface area contributed by atoms with E-state index in [1.54, 1.807) is 38.3 Å². The molecule has 0 aliphatic heterocycles. The topological polar surface area (TPSA) is 64.6 Å².